The van der Waals surface area contributed by atoms with E-state index in [1.54, 1.807) is 0 Å². The Kier molecular flexibility index (Phi) is 6.81. The number of tetrazole rings is 1. The van der Waals surface area contributed by atoms with Gasteiger partial charge in [0.1, 0.15) is 6.17 Å². The highest BCUT2D eigenvalue weighted by Gasteiger charge is 2.36. The number of aromatic nitrogens is 4. The van der Waals surface area contributed by atoms with E-state index in [1.807, 2.05) is 18.2 Å². The number of nitrogens with one attached hydrogen (secondary N) is 1. The molecule has 2 aliphatic heterocycles. The van der Waals surface area contributed by atoms with Gasteiger partial charge in [-0.05, 0) is 45.5 Å². The van der Waals surface area contributed by atoms with Gasteiger partial charge in [0.15, 0.2) is 11.7 Å². The van der Waals surface area contributed by atoms with Gasteiger partial charge >= 0.3 is 0 Å². The molecule has 0 bridgehead atoms. The molecule has 0 saturated heterocycles. The van der Waals surface area contributed by atoms with Gasteiger partial charge in [0.05, 0.1) is 12.4 Å². The Morgan fingerprint density at radius 1 is 1.14 bits per heavy atom. The number of rotatable bonds is 9. The first-order valence-corrected chi connectivity index (χ1v) is 12.3. The van der Waals surface area contributed by atoms with E-state index in [0.29, 0.717) is 5.82 Å². The van der Waals surface area contributed by atoms with Crippen LogP contribution in [0.4, 0.5) is 0 Å². The van der Waals surface area contributed by atoms with E-state index in [2.05, 4.69) is 92.4 Å². The predicted molar refractivity (Wildman–Crippen MR) is 140 cm³/mol. The van der Waals surface area contributed by atoms with Gasteiger partial charge in [-0.15, -0.1) is 5.10 Å². The Labute approximate surface area is 211 Å². The number of hydrogen-bond acceptors (Lipinski definition) is 8. The number of aliphatic hydroxyl groups is 1. The summed E-state index contributed by atoms with van der Waals surface area (Å²) in [6.07, 6.45) is 3.71. The number of aromatic amines is 1. The quantitative estimate of drug-likeness (QED) is 0.449. The van der Waals surface area contributed by atoms with Crippen LogP contribution in [0.3, 0.4) is 0 Å². The monoisotopic (exact) mass is 484 g/mol. The maximum atomic E-state index is 9.30. The number of benzene rings is 2. The average Bonchev–Trinajstić information content (AvgIpc) is 3.57. The van der Waals surface area contributed by atoms with Crippen molar-refractivity contribution in [1.82, 2.24) is 35.3 Å². The maximum Gasteiger partial charge on any atom is 0.180 e. The van der Waals surface area contributed by atoms with Crippen LogP contribution in [-0.4, -0.2) is 79.3 Å². The summed E-state index contributed by atoms with van der Waals surface area (Å²) in [7, 11) is 2.07. The summed E-state index contributed by atoms with van der Waals surface area (Å²) in [5.41, 5.74) is 6.53. The number of fused-ring (bicyclic) bond motifs is 1. The van der Waals surface area contributed by atoms with E-state index in [0.717, 1.165) is 66.4 Å². The molecule has 1 atom stereocenters. The Balaban J connectivity index is 1.42. The smallest absolute Gasteiger partial charge is 0.180 e. The largest absolute Gasteiger partial charge is 0.396 e. The number of aliphatic hydroxyl groups excluding tert-OH is 1. The van der Waals surface area contributed by atoms with Gasteiger partial charge < -0.3 is 19.8 Å². The SMILES string of the molecule is C=C(CC)C1N=C2C(=CN(CCCO)CN2C)N1Cc1ccc(-c2ccccc2-c2nnn[nH]2)cc1. The van der Waals surface area contributed by atoms with Crippen LogP contribution in [-0.2, 0) is 6.54 Å². The highest BCUT2D eigenvalue weighted by atomic mass is 16.3. The summed E-state index contributed by atoms with van der Waals surface area (Å²) in [5, 5.41) is 23.7. The van der Waals surface area contributed by atoms with Gasteiger partial charge in [-0.3, -0.25) is 0 Å². The normalized spacial score (nSPS) is 17.2. The summed E-state index contributed by atoms with van der Waals surface area (Å²) in [5.74, 6) is 1.65. The van der Waals surface area contributed by atoms with E-state index >= 15 is 0 Å². The van der Waals surface area contributed by atoms with Crippen LogP contribution in [0.1, 0.15) is 25.3 Å². The topological polar surface area (TPSA) is 96.8 Å². The second kappa shape index (κ2) is 10.3. The molecule has 5 rings (SSSR count). The highest BCUT2D eigenvalue weighted by Crippen LogP contribution is 2.33. The second-order valence-corrected chi connectivity index (χ2v) is 9.20. The predicted octanol–water partition coefficient (Wildman–Crippen LogP) is 3.47. The first-order valence-electron chi connectivity index (χ1n) is 12.3. The van der Waals surface area contributed by atoms with Gasteiger partial charge in [0.25, 0.3) is 0 Å². The Morgan fingerprint density at radius 3 is 2.61 bits per heavy atom. The fraction of sp³-hybridized carbons (Fsp3) is 0.333. The van der Waals surface area contributed by atoms with Gasteiger partial charge in [-0.1, -0.05) is 62.0 Å². The lowest BCUT2D eigenvalue weighted by Crippen LogP contribution is -2.44. The van der Waals surface area contributed by atoms with Crippen molar-refractivity contribution in [2.45, 2.75) is 32.5 Å². The van der Waals surface area contributed by atoms with Gasteiger partial charge in [-0.25, -0.2) is 10.1 Å². The standard InChI is InChI=1S/C27H32N8O/c1-4-19(2)26-28-27-24(17-34(14-7-15-36)18-33(27)3)35(26)16-20-10-12-21(13-11-20)22-8-5-6-9-23(22)25-29-31-32-30-25/h5-6,8-13,17,26,36H,2,4,7,14-16,18H2,1,3H3,(H,29,30,31,32). The van der Waals surface area contributed by atoms with E-state index in [4.69, 9.17) is 4.99 Å². The number of nitrogens with zero attached hydrogens (tertiary/aromatic N) is 7. The fourth-order valence-electron chi connectivity index (χ4n) is 4.77. The van der Waals surface area contributed by atoms with E-state index < -0.39 is 0 Å². The molecule has 0 saturated carbocycles. The molecule has 0 fully saturated rings. The van der Waals surface area contributed by atoms with Crippen LogP contribution in [0.2, 0.25) is 0 Å². The Bertz CT molecular complexity index is 1270. The summed E-state index contributed by atoms with van der Waals surface area (Å²) in [6.45, 7) is 8.93. The molecule has 186 valence electrons. The fourth-order valence-corrected chi connectivity index (χ4v) is 4.77. The van der Waals surface area contributed by atoms with Crippen molar-refractivity contribution in [2.75, 3.05) is 26.9 Å². The molecule has 9 nitrogen and oxygen atoms in total. The second-order valence-electron chi connectivity index (χ2n) is 9.20. The lowest BCUT2D eigenvalue weighted by atomic mass is 9.98. The molecular weight excluding hydrogens is 452 g/mol. The molecule has 1 unspecified atom stereocenters. The van der Waals surface area contributed by atoms with Crippen molar-refractivity contribution < 1.29 is 5.11 Å². The first-order chi connectivity index (χ1) is 17.6. The molecule has 0 radical (unpaired) electrons. The highest BCUT2D eigenvalue weighted by molar-refractivity contribution is 6.00. The molecule has 0 aliphatic carbocycles. The van der Waals surface area contributed by atoms with Crippen molar-refractivity contribution >= 4 is 5.84 Å². The maximum absolute atomic E-state index is 9.30. The third-order valence-corrected chi connectivity index (χ3v) is 6.71. The number of H-pyrrole nitrogens is 1. The van der Waals surface area contributed by atoms with Crippen LogP contribution in [0, 0.1) is 0 Å². The molecule has 2 aromatic carbocycles. The number of aliphatic imine (C=N–C) groups is 1. The van der Waals surface area contributed by atoms with Crippen molar-refractivity contribution in [3.8, 4) is 22.5 Å². The molecule has 2 N–H and O–H groups in total. The summed E-state index contributed by atoms with van der Waals surface area (Å²) in [6, 6.07) is 16.7. The third kappa shape index (κ3) is 4.61. The summed E-state index contributed by atoms with van der Waals surface area (Å²) < 4.78 is 0. The number of amidine groups is 1. The van der Waals surface area contributed by atoms with Crippen molar-refractivity contribution in [3.63, 3.8) is 0 Å². The van der Waals surface area contributed by atoms with Gasteiger partial charge in [-0.2, -0.15) is 0 Å². The molecular formula is C27H32N8O. The molecule has 2 aliphatic rings. The number of likely N-dealkylation sites (N-methyl/N-ethyl adjacent to an activating group) is 1. The molecule has 0 spiro atoms. The summed E-state index contributed by atoms with van der Waals surface area (Å²) >= 11 is 0. The molecule has 36 heavy (non-hydrogen) atoms. The minimum Gasteiger partial charge on any atom is -0.396 e. The van der Waals surface area contributed by atoms with Crippen LogP contribution < -0.4 is 0 Å². The zero-order chi connectivity index (χ0) is 25.1. The van der Waals surface area contributed by atoms with Crippen molar-refractivity contribution in [1.29, 1.82) is 0 Å². The molecule has 9 heteroatoms. The van der Waals surface area contributed by atoms with E-state index in [-0.39, 0.29) is 12.8 Å². The molecule has 1 aromatic heterocycles. The third-order valence-electron chi connectivity index (χ3n) is 6.71. The lowest BCUT2D eigenvalue weighted by molar-refractivity contribution is 0.214. The van der Waals surface area contributed by atoms with Gasteiger partial charge in [0.2, 0.25) is 0 Å². The van der Waals surface area contributed by atoms with E-state index in [9.17, 15) is 5.11 Å². The first kappa shape index (κ1) is 23.7. The molecule has 3 heterocycles. The van der Waals surface area contributed by atoms with Crippen LogP contribution >= 0.6 is 0 Å². The summed E-state index contributed by atoms with van der Waals surface area (Å²) in [4.78, 5) is 11.8. The average molecular weight is 485 g/mol. The Hall–Kier alpha value is -3.98. The van der Waals surface area contributed by atoms with Crippen LogP contribution in [0.15, 0.2) is 77.6 Å². The van der Waals surface area contributed by atoms with Crippen LogP contribution in [0.25, 0.3) is 22.5 Å². The van der Waals surface area contributed by atoms with Gasteiger partial charge in [0, 0.05) is 38.5 Å². The molecule has 0 amide bonds. The van der Waals surface area contributed by atoms with Crippen molar-refractivity contribution in [3.05, 3.63) is 78.1 Å². The minimum absolute atomic E-state index is 0.0872. The molecule has 3 aromatic rings. The van der Waals surface area contributed by atoms with Crippen LogP contribution in [0.5, 0.6) is 0 Å². The Morgan fingerprint density at radius 2 is 1.92 bits per heavy atom. The van der Waals surface area contributed by atoms with Crippen molar-refractivity contribution in [2.24, 2.45) is 4.99 Å². The number of hydrogen-bond donors (Lipinski definition) is 2. The minimum atomic E-state index is -0.0872. The lowest BCUT2D eigenvalue weighted by Gasteiger charge is -2.36. The zero-order valence-electron chi connectivity index (χ0n) is 20.8. The van der Waals surface area contributed by atoms with E-state index in [1.165, 1.54) is 5.56 Å². The zero-order valence-corrected chi connectivity index (χ0v) is 20.8.